The lowest BCUT2D eigenvalue weighted by Gasteiger charge is -2.41. The van der Waals surface area contributed by atoms with Crippen molar-refractivity contribution in [1.82, 2.24) is 0 Å². The molecule has 0 aromatic heterocycles. The molecule has 4 rings (SSSR count). The number of carbonyl (C=O) groups is 3. The van der Waals surface area contributed by atoms with E-state index in [-0.39, 0.29) is 16.7 Å². The van der Waals surface area contributed by atoms with Crippen molar-refractivity contribution in [2.45, 2.75) is 37.6 Å². The first kappa shape index (κ1) is 24.1. The fourth-order valence-electron chi connectivity index (χ4n) is 3.62. The largest absolute Gasteiger partial charge is 0.452 e. The Morgan fingerprint density at radius 2 is 1.00 bits per heavy atom. The van der Waals surface area contributed by atoms with Gasteiger partial charge in [-0.2, -0.15) is 0 Å². The van der Waals surface area contributed by atoms with Gasteiger partial charge >= 0.3 is 17.9 Å². The van der Waals surface area contributed by atoms with Crippen molar-refractivity contribution < 1.29 is 38.4 Å². The molecule has 0 aliphatic carbocycles. The van der Waals surface area contributed by atoms with Crippen LogP contribution in [0.4, 0.5) is 0 Å². The van der Waals surface area contributed by atoms with E-state index in [4.69, 9.17) is 18.9 Å². The first-order chi connectivity index (χ1) is 16.9. The summed E-state index contributed by atoms with van der Waals surface area (Å²) < 4.78 is 22.4. The predicted molar refractivity (Wildman–Crippen MR) is 123 cm³/mol. The van der Waals surface area contributed by atoms with E-state index in [0.717, 1.165) is 0 Å². The normalized spacial score (nSPS) is 23.7. The fraction of sp³-hybridized carbons (Fsp3) is 0.222. The molecule has 1 aliphatic rings. The van der Waals surface area contributed by atoms with Gasteiger partial charge in [-0.3, -0.25) is 0 Å². The second kappa shape index (κ2) is 10.9. The van der Waals surface area contributed by atoms with E-state index < -0.39 is 48.6 Å². The van der Waals surface area contributed by atoms with Crippen LogP contribution in [0, 0.1) is 0 Å². The van der Waals surface area contributed by atoms with E-state index in [1.165, 1.54) is 6.92 Å². The summed E-state index contributed by atoms with van der Waals surface area (Å²) in [5, 5.41) is 10.8. The van der Waals surface area contributed by atoms with Crippen molar-refractivity contribution in [3.05, 3.63) is 108 Å². The first-order valence-corrected chi connectivity index (χ1v) is 11.1. The summed E-state index contributed by atoms with van der Waals surface area (Å²) in [5.41, 5.74) is 0.715. The van der Waals surface area contributed by atoms with Crippen molar-refractivity contribution in [3.63, 3.8) is 0 Å². The van der Waals surface area contributed by atoms with Crippen LogP contribution >= 0.6 is 0 Å². The molecule has 0 saturated carbocycles. The average molecular weight is 476 g/mol. The molecule has 1 fully saturated rings. The number of esters is 3. The van der Waals surface area contributed by atoms with E-state index in [2.05, 4.69) is 0 Å². The van der Waals surface area contributed by atoms with Crippen LogP contribution in [-0.2, 0) is 18.9 Å². The van der Waals surface area contributed by atoms with Gasteiger partial charge in [-0.1, -0.05) is 54.6 Å². The molecule has 0 spiro atoms. The Labute approximate surface area is 202 Å². The van der Waals surface area contributed by atoms with Crippen LogP contribution in [0.2, 0.25) is 0 Å². The van der Waals surface area contributed by atoms with Crippen LogP contribution in [0.5, 0.6) is 0 Å². The highest BCUT2D eigenvalue weighted by atomic mass is 16.7. The number of carbonyl (C=O) groups excluding carboxylic acids is 3. The number of hydrogen-bond donors (Lipinski definition) is 1. The summed E-state index contributed by atoms with van der Waals surface area (Å²) in [6.07, 6.45) is -6.50. The zero-order valence-corrected chi connectivity index (χ0v) is 18.9. The van der Waals surface area contributed by atoms with Gasteiger partial charge in [0, 0.05) is 0 Å². The van der Waals surface area contributed by atoms with Crippen LogP contribution in [0.15, 0.2) is 91.0 Å². The van der Waals surface area contributed by atoms with Crippen LogP contribution in [0.3, 0.4) is 0 Å². The second-order valence-electron chi connectivity index (χ2n) is 7.94. The van der Waals surface area contributed by atoms with Crippen LogP contribution in [0.25, 0.3) is 0 Å². The summed E-state index contributed by atoms with van der Waals surface area (Å²) in [7, 11) is 0. The summed E-state index contributed by atoms with van der Waals surface area (Å²) >= 11 is 0. The molecule has 0 unspecified atom stereocenters. The molecule has 8 heteroatoms. The van der Waals surface area contributed by atoms with Crippen molar-refractivity contribution in [2.24, 2.45) is 0 Å². The molecule has 3 aromatic rings. The maximum absolute atomic E-state index is 12.9. The molecular weight excluding hydrogens is 452 g/mol. The Morgan fingerprint density at radius 3 is 1.43 bits per heavy atom. The first-order valence-electron chi connectivity index (χ1n) is 11.1. The third-order valence-electron chi connectivity index (χ3n) is 5.50. The molecular formula is C27H24O8. The fourth-order valence-corrected chi connectivity index (χ4v) is 3.62. The van der Waals surface area contributed by atoms with Crippen LogP contribution in [-0.4, -0.2) is 53.7 Å². The average Bonchev–Trinajstić information content (AvgIpc) is 2.90. The molecule has 3 aromatic carbocycles. The van der Waals surface area contributed by atoms with Crippen molar-refractivity contribution in [3.8, 4) is 0 Å². The summed E-state index contributed by atoms with van der Waals surface area (Å²) in [5.74, 6) is -2.23. The van der Waals surface area contributed by atoms with Crippen molar-refractivity contribution in [1.29, 1.82) is 0 Å². The van der Waals surface area contributed by atoms with Gasteiger partial charge in [-0.05, 0) is 43.3 Å². The zero-order chi connectivity index (χ0) is 24.8. The molecule has 35 heavy (non-hydrogen) atoms. The lowest BCUT2D eigenvalue weighted by Crippen LogP contribution is -2.60. The number of ether oxygens (including phenoxy) is 4. The molecule has 1 saturated heterocycles. The highest BCUT2D eigenvalue weighted by Crippen LogP contribution is 2.29. The Balaban J connectivity index is 1.63. The van der Waals surface area contributed by atoms with Gasteiger partial charge in [-0.15, -0.1) is 0 Å². The van der Waals surface area contributed by atoms with E-state index in [0.29, 0.717) is 0 Å². The van der Waals surface area contributed by atoms with E-state index in [9.17, 15) is 19.5 Å². The van der Waals surface area contributed by atoms with Crippen LogP contribution in [0.1, 0.15) is 38.0 Å². The van der Waals surface area contributed by atoms with Crippen molar-refractivity contribution in [2.75, 3.05) is 0 Å². The monoisotopic (exact) mass is 476 g/mol. The summed E-state index contributed by atoms with van der Waals surface area (Å²) in [4.78, 5) is 38.4. The third-order valence-corrected chi connectivity index (χ3v) is 5.50. The van der Waals surface area contributed by atoms with Gasteiger partial charge in [0.15, 0.2) is 6.10 Å². The number of aliphatic hydroxyl groups excluding tert-OH is 1. The summed E-state index contributed by atoms with van der Waals surface area (Å²) in [6, 6.07) is 24.5. The Bertz CT molecular complexity index is 1150. The second-order valence-corrected chi connectivity index (χ2v) is 7.94. The van der Waals surface area contributed by atoms with Gasteiger partial charge < -0.3 is 24.1 Å². The highest BCUT2D eigenvalue weighted by Gasteiger charge is 2.50. The van der Waals surface area contributed by atoms with E-state index >= 15 is 0 Å². The van der Waals surface area contributed by atoms with Gasteiger partial charge in [0.25, 0.3) is 0 Å². The maximum atomic E-state index is 12.9. The quantitative estimate of drug-likeness (QED) is 0.426. The van der Waals surface area contributed by atoms with Gasteiger partial charge in [-0.25, -0.2) is 14.4 Å². The van der Waals surface area contributed by atoms with E-state index in [1.54, 1.807) is 91.0 Å². The number of aliphatic hydroxyl groups is 1. The molecule has 1 aliphatic heterocycles. The minimum atomic E-state index is -1.44. The number of rotatable bonds is 6. The molecule has 8 nitrogen and oxygen atoms in total. The predicted octanol–water partition coefficient (Wildman–Crippen LogP) is 3.40. The molecule has 0 radical (unpaired) electrons. The highest BCUT2D eigenvalue weighted by molar-refractivity contribution is 5.91. The van der Waals surface area contributed by atoms with Gasteiger partial charge in [0.05, 0.1) is 22.8 Å². The number of benzene rings is 3. The third kappa shape index (κ3) is 5.74. The van der Waals surface area contributed by atoms with Gasteiger partial charge in [0.1, 0.15) is 6.10 Å². The van der Waals surface area contributed by atoms with Crippen molar-refractivity contribution >= 4 is 17.9 Å². The van der Waals surface area contributed by atoms with Gasteiger partial charge in [0.2, 0.25) is 12.4 Å². The number of hydrogen-bond acceptors (Lipinski definition) is 8. The molecule has 0 amide bonds. The Morgan fingerprint density at radius 1 is 0.629 bits per heavy atom. The Kier molecular flexibility index (Phi) is 7.54. The lowest BCUT2D eigenvalue weighted by atomic mass is 9.99. The van der Waals surface area contributed by atoms with Crippen LogP contribution < -0.4 is 0 Å². The molecule has 180 valence electrons. The molecule has 1 heterocycles. The maximum Gasteiger partial charge on any atom is 0.340 e. The van der Waals surface area contributed by atoms with E-state index in [1.807, 2.05) is 0 Å². The lowest BCUT2D eigenvalue weighted by molar-refractivity contribution is -0.275. The molecule has 5 atom stereocenters. The minimum absolute atomic E-state index is 0.224. The zero-order valence-electron chi connectivity index (χ0n) is 18.9. The minimum Gasteiger partial charge on any atom is -0.452 e. The standard InChI is InChI=1S/C27H24O8/c1-17-21(28)22(33-24(29)18-11-5-2-6-12-18)23(34-25(30)19-13-7-3-8-14-19)27(32-17)35-26(31)20-15-9-4-10-16-20/h2-17,21-23,27-28H,1H3/t17-,21+,22-,23+,27-/m0/s1. The molecule has 0 bridgehead atoms. The molecule has 1 N–H and O–H groups in total. The smallest absolute Gasteiger partial charge is 0.340 e. The Hall–Kier alpha value is -4.01. The summed E-state index contributed by atoms with van der Waals surface area (Å²) in [6.45, 7) is 1.53. The topological polar surface area (TPSA) is 108 Å². The SMILES string of the molecule is C[C@@H]1O[C@@H](OC(=O)c2ccccc2)[C@H](OC(=O)c2ccccc2)[C@@H](OC(=O)c2ccccc2)[C@@H]1O.